The number of hydrogen-bond donors (Lipinski definition) is 1. The van der Waals surface area contributed by atoms with Gasteiger partial charge in [0.2, 0.25) is 10.0 Å². The largest absolute Gasteiger partial charge is 0.323 e. The van der Waals surface area contributed by atoms with E-state index in [1.807, 2.05) is 0 Å². The smallest absolute Gasteiger partial charge is 0.269 e. The lowest BCUT2D eigenvalue weighted by molar-refractivity contribution is -0.384. The zero-order chi connectivity index (χ0) is 18.8. The molecule has 0 spiro atoms. The molecule has 2 aromatic rings. The van der Waals surface area contributed by atoms with E-state index in [1.54, 1.807) is 0 Å². The Morgan fingerprint density at radius 1 is 1.28 bits per heavy atom. The fraction of sp³-hybridized carbons (Fsp3) is 0.200. The van der Waals surface area contributed by atoms with Crippen LogP contribution in [-0.2, 0) is 10.0 Å². The molecule has 1 atom stereocenters. The van der Waals surface area contributed by atoms with Gasteiger partial charge in [0.05, 0.1) is 14.8 Å². The third-order valence-corrected chi connectivity index (χ3v) is 5.71. The molecule has 0 heterocycles. The van der Waals surface area contributed by atoms with E-state index in [0.29, 0.717) is 5.56 Å². The number of non-ortho nitro benzene ring substituents is 1. The fourth-order valence-electron chi connectivity index (χ4n) is 2.14. The van der Waals surface area contributed by atoms with Gasteiger partial charge < -0.3 is 5.73 Å². The predicted molar refractivity (Wildman–Crippen MR) is 91.3 cm³/mol. The van der Waals surface area contributed by atoms with Crippen molar-refractivity contribution in [2.24, 2.45) is 5.73 Å². The van der Waals surface area contributed by atoms with Crippen LogP contribution in [0.5, 0.6) is 0 Å². The summed E-state index contributed by atoms with van der Waals surface area (Å²) in [5.41, 5.74) is 6.25. The summed E-state index contributed by atoms with van der Waals surface area (Å²) in [5, 5.41) is 10.5. The summed E-state index contributed by atoms with van der Waals surface area (Å²) in [6.45, 7) is -0.0821. The molecule has 2 aromatic carbocycles. The van der Waals surface area contributed by atoms with Crippen molar-refractivity contribution in [2.45, 2.75) is 10.9 Å². The highest BCUT2D eigenvalue weighted by molar-refractivity contribution is 7.89. The van der Waals surface area contributed by atoms with Crippen LogP contribution in [0, 0.1) is 15.9 Å². The van der Waals surface area contributed by atoms with Gasteiger partial charge in [-0.1, -0.05) is 17.7 Å². The average Bonchev–Trinajstić information content (AvgIpc) is 2.57. The summed E-state index contributed by atoms with van der Waals surface area (Å²) in [6, 6.07) is 7.74. The molecule has 1 unspecified atom stereocenters. The Balaban J connectivity index is 2.18. The average molecular weight is 388 g/mol. The van der Waals surface area contributed by atoms with Crippen LogP contribution in [0.25, 0.3) is 0 Å². The monoisotopic (exact) mass is 387 g/mol. The van der Waals surface area contributed by atoms with Crippen LogP contribution in [0.1, 0.15) is 11.6 Å². The maximum atomic E-state index is 13.2. The van der Waals surface area contributed by atoms with Crippen LogP contribution in [-0.4, -0.2) is 31.2 Å². The lowest BCUT2D eigenvalue weighted by atomic mass is 10.1. The Morgan fingerprint density at radius 2 is 1.88 bits per heavy atom. The van der Waals surface area contributed by atoms with E-state index in [4.69, 9.17) is 17.3 Å². The first-order valence-corrected chi connectivity index (χ1v) is 8.86. The fourth-order valence-corrected chi connectivity index (χ4v) is 3.53. The minimum Gasteiger partial charge on any atom is -0.323 e. The first-order chi connectivity index (χ1) is 11.6. The molecule has 0 fully saturated rings. The zero-order valence-electron chi connectivity index (χ0n) is 13.1. The predicted octanol–water partition coefficient (Wildman–Crippen LogP) is 2.71. The van der Waals surface area contributed by atoms with Crippen molar-refractivity contribution in [2.75, 3.05) is 13.6 Å². The quantitative estimate of drug-likeness (QED) is 0.605. The van der Waals surface area contributed by atoms with Gasteiger partial charge in [-0.3, -0.25) is 10.1 Å². The number of nitrogens with zero attached hydrogens (tertiary/aromatic N) is 2. The van der Waals surface area contributed by atoms with Gasteiger partial charge in [-0.15, -0.1) is 0 Å². The van der Waals surface area contributed by atoms with E-state index in [1.165, 1.54) is 19.2 Å². The number of likely N-dealkylation sites (N-methyl/N-ethyl adjacent to an activating group) is 1. The van der Waals surface area contributed by atoms with Gasteiger partial charge >= 0.3 is 0 Å². The van der Waals surface area contributed by atoms with Crippen molar-refractivity contribution < 1.29 is 17.7 Å². The molecule has 2 N–H and O–H groups in total. The molecule has 0 aliphatic heterocycles. The van der Waals surface area contributed by atoms with Gasteiger partial charge in [-0.2, -0.15) is 4.31 Å². The first-order valence-electron chi connectivity index (χ1n) is 7.04. The molecule has 0 aliphatic carbocycles. The van der Waals surface area contributed by atoms with Gasteiger partial charge in [0, 0.05) is 31.8 Å². The lowest BCUT2D eigenvalue weighted by Gasteiger charge is -2.21. The van der Waals surface area contributed by atoms with Crippen LogP contribution in [0.2, 0.25) is 5.02 Å². The number of hydrogen-bond acceptors (Lipinski definition) is 5. The van der Waals surface area contributed by atoms with Gasteiger partial charge in [-0.25, -0.2) is 12.8 Å². The topological polar surface area (TPSA) is 107 Å². The Kier molecular flexibility index (Phi) is 5.73. The first kappa shape index (κ1) is 19.3. The van der Waals surface area contributed by atoms with E-state index < -0.39 is 26.8 Å². The number of rotatable bonds is 6. The molecule has 2 rings (SSSR count). The Labute approximate surface area is 149 Å². The third-order valence-electron chi connectivity index (χ3n) is 3.58. The Hall–Kier alpha value is -2.07. The van der Waals surface area contributed by atoms with Crippen molar-refractivity contribution in [3.63, 3.8) is 0 Å². The molecule has 7 nitrogen and oxygen atoms in total. The maximum absolute atomic E-state index is 13.2. The molecule has 10 heteroatoms. The lowest BCUT2D eigenvalue weighted by Crippen LogP contribution is -2.34. The van der Waals surface area contributed by atoms with Gasteiger partial charge in [-0.05, 0) is 29.8 Å². The van der Waals surface area contributed by atoms with E-state index in [9.17, 15) is 22.9 Å². The van der Waals surface area contributed by atoms with E-state index in [0.717, 1.165) is 34.6 Å². The highest BCUT2D eigenvalue weighted by Crippen LogP contribution is 2.23. The molecule has 0 bridgehead atoms. The number of nitrogens with two attached hydrogens (primary N) is 1. The van der Waals surface area contributed by atoms with Gasteiger partial charge in [0.15, 0.2) is 0 Å². The van der Waals surface area contributed by atoms with E-state index >= 15 is 0 Å². The minimum absolute atomic E-state index is 0.0821. The molecule has 25 heavy (non-hydrogen) atoms. The minimum atomic E-state index is -3.88. The van der Waals surface area contributed by atoms with Crippen molar-refractivity contribution in [3.8, 4) is 0 Å². The number of halogens is 2. The molecule has 0 aromatic heterocycles. The number of sulfonamides is 1. The van der Waals surface area contributed by atoms with Gasteiger partial charge in [0.25, 0.3) is 5.69 Å². The van der Waals surface area contributed by atoms with Crippen LogP contribution in [0.3, 0.4) is 0 Å². The molecule has 0 radical (unpaired) electrons. The highest BCUT2D eigenvalue weighted by atomic mass is 35.5. The number of nitro groups is 1. The summed E-state index contributed by atoms with van der Waals surface area (Å²) in [6.07, 6.45) is 0. The Bertz CT molecular complexity index is 890. The van der Waals surface area contributed by atoms with Crippen molar-refractivity contribution in [1.29, 1.82) is 0 Å². The summed E-state index contributed by atoms with van der Waals surface area (Å²) in [7, 11) is -2.54. The second-order valence-corrected chi connectivity index (χ2v) is 7.77. The van der Waals surface area contributed by atoms with Crippen LogP contribution >= 0.6 is 11.6 Å². The van der Waals surface area contributed by atoms with Crippen LogP contribution in [0.4, 0.5) is 10.1 Å². The normalized spacial score (nSPS) is 13.0. The van der Waals surface area contributed by atoms with Crippen molar-refractivity contribution in [3.05, 3.63) is 69.0 Å². The maximum Gasteiger partial charge on any atom is 0.269 e. The third kappa shape index (κ3) is 4.31. The summed E-state index contributed by atoms with van der Waals surface area (Å²) in [5.74, 6) is -0.593. The number of nitro benzene ring substituents is 1. The van der Waals surface area contributed by atoms with Gasteiger partial charge in [0.1, 0.15) is 5.82 Å². The SMILES string of the molecule is CN(CC(N)c1ccc(F)c(Cl)c1)S(=O)(=O)c1ccc([N+](=O)[O-])cc1. The molecule has 134 valence electrons. The van der Waals surface area contributed by atoms with Crippen LogP contribution < -0.4 is 5.73 Å². The molecule has 0 saturated carbocycles. The molecule has 0 amide bonds. The van der Waals surface area contributed by atoms with Crippen molar-refractivity contribution in [1.82, 2.24) is 4.31 Å². The molecule has 0 saturated heterocycles. The van der Waals surface area contributed by atoms with E-state index in [2.05, 4.69) is 0 Å². The Morgan fingerprint density at radius 3 is 2.40 bits per heavy atom. The standard InChI is InChI=1S/C15H15ClFN3O4S/c1-19(9-15(18)10-2-7-14(17)13(16)8-10)25(23,24)12-5-3-11(4-6-12)20(21)22/h2-8,15H,9,18H2,1H3. The number of benzene rings is 2. The molecule has 0 aliphatic rings. The van der Waals surface area contributed by atoms with E-state index in [-0.39, 0.29) is 22.2 Å². The summed E-state index contributed by atoms with van der Waals surface area (Å²) in [4.78, 5) is 9.93. The second-order valence-electron chi connectivity index (χ2n) is 5.32. The summed E-state index contributed by atoms with van der Waals surface area (Å²) >= 11 is 5.70. The van der Waals surface area contributed by atoms with Crippen molar-refractivity contribution >= 4 is 27.3 Å². The second kappa shape index (κ2) is 7.44. The highest BCUT2D eigenvalue weighted by Gasteiger charge is 2.24. The molecular formula is C15H15ClFN3O4S. The zero-order valence-corrected chi connectivity index (χ0v) is 14.7. The van der Waals surface area contributed by atoms with Crippen LogP contribution in [0.15, 0.2) is 47.4 Å². The summed E-state index contributed by atoms with van der Waals surface area (Å²) < 4.78 is 39.3. The molecular weight excluding hydrogens is 373 g/mol.